The van der Waals surface area contributed by atoms with Crippen LogP contribution in [0.5, 0.6) is 0 Å². The maximum absolute atomic E-state index is 5.17. The van der Waals surface area contributed by atoms with Gasteiger partial charge in [-0.25, -0.2) is 0 Å². The van der Waals surface area contributed by atoms with E-state index in [2.05, 4.69) is 29.8 Å². The van der Waals surface area contributed by atoms with Crippen LogP contribution in [0.3, 0.4) is 0 Å². The van der Waals surface area contributed by atoms with Crippen molar-refractivity contribution in [3.8, 4) is 0 Å². The second-order valence-corrected chi connectivity index (χ2v) is 2.08. The molecule has 0 radical (unpaired) electrons. The van der Waals surface area contributed by atoms with Crippen molar-refractivity contribution < 1.29 is 0 Å². The van der Waals surface area contributed by atoms with E-state index in [1.54, 1.807) is 0 Å². The molecule has 0 atom stereocenters. The van der Waals surface area contributed by atoms with Crippen LogP contribution in [0.15, 0.2) is 0 Å². The van der Waals surface area contributed by atoms with Gasteiger partial charge in [-0.05, 0) is 18.8 Å². The molecule has 0 unspecified atom stereocenters. The fourth-order valence-electron chi connectivity index (χ4n) is 0.451. The van der Waals surface area contributed by atoms with Crippen molar-refractivity contribution in [2.75, 3.05) is 19.6 Å². The lowest BCUT2D eigenvalue weighted by Gasteiger charge is -2.02. The first-order valence-electron chi connectivity index (χ1n) is 3.01. The predicted molar refractivity (Wildman–Crippen MR) is 43.3 cm³/mol. The van der Waals surface area contributed by atoms with Gasteiger partial charge in [0.15, 0.2) is 5.11 Å². The molecule has 0 aliphatic heterocycles. The number of nitrogens with one attached hydrogen (secondary N) is 2. The Labute approximate surface area is 61.0 Å². The highest BCUT2D eigenvalue weighted by Crippen LogP contribution is 1.58. The van der Waals surface area contributed by atoms with Crippen LogP contribution in [0.25, 0.3) is 0 Å². The highest BCUT2D eigenvalue weighted by atomic mass is 32.1. The largest absolute Gasteiger partial charge is 0.376 e. The van der Waals surface area contributed by atoms with Gasteiger partial charge in [-0.15, -0.1) is 0 Å². The fraction of sp³-hybridized carbons (Fsp3) is 0.800. The van der Waals surface area contributed by atoms with Gasteiger partial charge < -0.3 is 16.4 Å². The van der Waals surface area contributed by atoms with Gasteiger partial charge in [0, 0.05) is 13.1 Å². The van der Waals surface area contributed by atoms with Crippen LogP contribution in [-0.4, -0.2) is 24.7 Å². The van der Waals surface area contributed by atoms with Crippen molar-refractivity contribution in [1.82, 2.24) is 10.6 Å². The van der Waals surface area contributed by atoms with Crippen molar-refractivity contribution in [3.05, 3.63) is 0 Å². The highest BCUT2D eigenvalue weighted by molar-refractivity contribution is 7.80. The van der Waals surface area contributed by atoms with Gasteiger partial charge in [0.1, 0.15) is 0 Å². The molecule has 0 bridgehead atoms. The summed E-state index contributed by atoms with van der Waals surface area (Å²) in [5.74, 6) is 0. The molecule has 0 spiro atoms. The molecule has 0 saturated heterocycles. The van der Waals surface area contributed by atoms with E-state index in [-0.39, 0.29) is 0 Å². The van der Waals surface area contributed by atoms with Gasteiger partial charge in [0.25, 0.3) is 0 Å². The van der Waals surface area contributed by atoms with Crippen LogP contribution in [0.2, 0.25) is 0 Å². The molecule has 0 aliphatic rings. The summed E-state index contributed by atoms with van der Waals surface area (Å²) in [7, 11) is 0. The third-order valence-electron chi connectivity index (χ3n) is 0.851. The average molecular weight is 147 g/mol. The fourth-order valence-corrected chi connectivity index (χ4v) is 0.553. The number of thiocarbonyl (C=S) groups is 1. The van der Waals surface area contributed by atoms with E-state index < -0.39 is 0 Å². The summed E-state index contributed by atoms with van der Waals surface area (Å²) in [6.45, 7) is 4.76. The first-order chi connectivity index (χ1) is 4.27. The molecule has 0 saturated carbocycles. The summed E-state index contributed by atoms with van der Waals surface area (Å²) in [6.07, 6.45) is 0. The summed E-state index contributed by atoms with van der Waals surface area (Å²) in [4.78, 5) is 0. The number of nitrogens with two attached hydrogens (primary N) is 1. The Morgan fingerprint density at radius 3 is 2.67 bits per heavy atom. The van der Waals surface area contributed by atoms with Crippen LogP contribution in [-0.2, 0) is 0 Å². The third kappa shape index (κ3) is 7.65. The average Bonchev–Trinajstić information content (AvgIpc) is 1.80. The van der Waals surface area contributed by atoms with Gasteiger partial charge >= 0.3 is 0 Å². The van der Waals surface area contributed by atoms with E-state index in [9.17, 15) is 0 Å². The zero-order valence-corrected chi connectivity index (χ0v) is 6.42. The van der Waals surface area contributed by atoms with E-state index in [0.717, 1.165) is 19.6 Å². The molecular formula is C5H13N3S. The molecular weight excluding hydrogens is 134 g/mol. The molecule has 0 fully saturated rings. The van der Waals surface area contributed by atoms with E-state index in [0.29, 0.717) is 5.11 Å². The monoisotopic (exact) mass is 147 g/mol. The van der Waals surface area contributed by atoms with Crippen LogP contribution >= 0.6 is 12.2 Å². The van der Waals surface area contributed by atoms with E-state index in [1.807, 2.05) is 0 Å². The van der Waals surface area contributed by atoms with Gasteiger partial charge in [0.05, 0.1) is 0 Å². The minimum atomic E-state index is 0.368. The topological polar surface area (TPSA) is 50.1 Å². The number of hydrogen-bond donors (Lipinski definition) is 3. The van der Waals surface area contributed by atoms with E-state index in [1.165, 1.54) is 0 Å². The minimum absolute atomic E-state index is 0.368. The van der Waals surface area contributed by atoms with Gasteiger partial charge in [-0.3, -0.25) is 0 Å². The Hall–Kier alpha value is -0.350. The second-order valence-electron chi connectivity index (χ2n) is 1.64. The molecule has 0 aromatic heterocycles. The molecule has 0 aliphatic carbocycles. The van der Waals surface area contributed by atoms with Crippen LogP contribution in [0, 0.1) is 0 Å². The first kappa shape index (κ1) is 8.65. The third-order valence-corrected chi connectivity index (χ3v) is 0.995. The van der Waals surface area contributed by atoms with Gasteiger partial charge in [-0.1, -0.05) is 6.92 Å². The molecule has 4 N–H and O–H groups in total. The van der Waals surface area contributed by atoms with Crippen LogP contribution in [0.1, 0.15) is 6.92 Å². The SMILES string of the molecule is CCNCCNC(N)=S. The number of rotatable bonds is 4. The molecule has 3 nitrogen and oxygen atoms in total. The Balaban J connectivity index is 2.83. The normalized spacial score (nSPS) is 9.00. The zero-order valence-electron chi connectivity index (χ0n) is 5.61. The second kappa shape index (κ2) is 5.78. The minimum Gasteiger partial charge on any atom is -0.376 e. The Bertz CT molecular complexity index is 84.3. The Kier molecular flexibility index (Phi) is 5.56. The summed E-state index contributed by atoms with van der Waals surface area (Å²) < 4.78 is 0. The number of hydrogen-bond acceptors (Lipinski definition) is 2. The van der Waals surface area contributed by atoms with Crippen molar-refractivity contribution in [1.29, 1.82) is 0 Å². The van der Waals surface area contributed by atoms with Crippen molar-refractivity contribution >= 4 is 17.3 Å². The maximum Gasteiger partial charge on any atom is 0.163 e. The van der Waals surface area contributed by atoms with E-state index in [4.69, 9.17) is 5.73 Å². The molecule has 4 heteroatoms. The molecule has 0 aromatic carbocycles. The summed E-state index contributed by atoms with van der Waals surface area (Å²) in [6, 6.07) is 0. The predicted octanol–water partition coefficient (Wildman–Crippen LogP) is -0.571. The van der Waals surface area contributed by atoms with E-state index >= 15 is 0 Å². The lowest BCUT2D eigenvalue weighted by molar-refractivity contribution is 0.699. The molecule has 54 valence electrons. The smallest absolute Gasteiger partial charge is 0.163 e. The van der Waals surface area contributed by atoms with Crippen molar-refractivity contribution in [3.63, 3.8) is 0 Å². The quantitative estimate of drug-likeness (QED) is 0.368. The summed E-state index contributed by atoms with van der Waals surface area (Å²) in [5, 5.41) is 6.32. The Morgan fingerprint density at radius 1 is 1.56 bits per heavy atom. The standard InChI is InChI=1S/C5H13N3S/c1-2-7-3-4-8-5(6)9/h7H,2-4H2,1H3,(H3,6,8,9). The lowest BCUT2D eigenvalue weighted by Crippen LogP contribution is -2.34. The molecule has 0 amide bonds. The Morgan fingerprint density at radius 2 is 2.22 bits per heavy atom. The van der Waals surface area contributed by atoms with Crippen LogP contribution < -0.4 is 16.4 Å². The first-order valence-corrected chi connectivity index (χ1v) is 3.42. The molecule has 9 heavy (non-hydrogen) atoms. The molecule has 0 rings (SSSR count). The van der Waals surface area contributed by atoms with Gasteiger partial charge in [-0.2, -0.15) is 0 Å². The summed E-state index contributed by atoms with van der Waals surface area (Å²) >= 11 is 4.58. The molecule has 0 aromatic rings. The number of likely N-dealkylation sites (N-methyl/N-ethyl adjacent to an activating group) is 1. The van der Waals surface area contributed by atoms with Crippen molar-refractivity contribution in [2.45, 2.75) is 6.92 Å². The summed E-state index contributed by atoms with van der Waals surface area (Å²) in [5.41, 5.74) is 5.17. The zero-order chi connectivity index (χ0) is 7.11. The highest BCUT2D eigenvalue weighted by Gasteiger charge is 1.83. The van der Waals surface area contributed by atoms with Crippen LogP contribution in [0.4, 0.5) is 0 Å². The van der Waals surface area contributed by atoms with Gasteiger partial charge in [0.2, 0.25) is 0 Å². The van der Waals surface area contributed by atoms with Crippen molar-refractivity contribution in [2.24, 2.45) is 5.73 Å². The molecule has 0 heterocycles. The lowest BCUT2D eigenvalue weighted by atomic mass is 10.6. The maximum atomic E-state index is 5.17.